The molecule has 5 heteroatoms. The molecule has 0 aliphatic heterocycles. The van der Waals surface area contributed by atoms with Gasteiger partial charge in [0.25, 0.3) is 0 Å². The molecule has 0 fully saturated rings. The lowest BCUT2D eigenvalue weighted by Crippen LogP contribution is -2.03. The lowest BCUT2D eigenvalue weighted by atomic mass is 10.2. The molecule has 0 saturated carbocycles. The van der Waals surface area contributed by atoms with Crippen LogP contribution in [0, 0.1) is 0 Å². The van der Waals surface area contributed by atoms with Gasteiger partial charge < -0.3 is 9.52 Å². The number of aromatic carboxylic acids is 1. The predicted molar refractivity (Wildman–Crippen MR) is 47.2 cm³/mol. The van der Waals surface area contributed by atoms with Gasteiger partial charge in [-0.2, -0.15) is 0 Å². The van der Waals surface area contributed by atoms with E-state index < -0.39 is 11.6 Å². The van der Waals surface area contributed by atoms with Gasteiger partial charge in [0.15, 0.2) is 5.58 Å². The molecule has 5 nitrogen and oxygen atoms in total. The van der Waals surface area contributed by atoms with Gasteiger partial charge in [-0.25, -0.2) is 14.6 Å². The van der Waals surface area contributed by atoms with Crippen LogP contribution in [0.25, 0.3) is 11.1 Å². The summed E-state index contributed by atoms with van der Waals surface area (Å²) in [5.74, 6) is -1.15. The molecule has 14 heavy (non-hydrogen) atoms. The zero-order valence-electron chi connectivity index (χ0n) is 6.93. The number of benzene rings is 1. The number of hydrogen-bond donors (Lipinski definition) is 1. The molecule has 2 aromatic rings. The van der Waals surface area contributed by atoms with Crippen LogP contribution in [-0.2, 0) is 0 Å². The van der Waals surface area contributed by atoms with Crippen molar-refractivity contribution in [3.8, 4) is 0 Å². The molecule has 0 spiro atoms. The number of rotatable bonds is 1. The van der Waals surface area contributed by atoms with Crippen LogP contribution in [0.4, 0.5) is 0 Å². The first-order valence-corrected chi connectivity index (χ1v) is 3.80. The van der Waals surface area contributed by atoms with Crippen molar-refractivity contribution in [2.45, 2.75) is 0 Å². The van der Waals surface area contributed by atoms with E-state index in [1.807, 2.05) is 0 Å². The van der Waals surface area contributed by atoms with Crippen molar-refractivity contribution in [2.75, 3.05) is 0 Å². The Morgan fingerprint density at radius 3 is 2.93 bits per heavy atom. The fraction of sp³-hybridized carbons (Fsp3) is 0. The molecule has 0 unspecified atom stereocenters. The van der Waals surface area contributed by atoms with Crippen molar-refractivity contribution in [1.82, 2.24) is 4.98 Å². The lowest BCUT2D eigenvalue weighted by Gasteiger charge is -1.97. The van der Waals surface area contributed by atoms with Gasteiger partial charge in [0.2, 0.25) is 0 Å². The third-order valence-electron chi connectivity index (χ3n) is 1.74. The second-order valence-corrected chi connectivity index (χ2v) is 2.64. The summed E-state index contributed by atoms with van der Waals surface area (Å²) in [5, 5.41) is 8.78. The highest BCUT2D eigenvalue weighted by Crippen LogP contribution is 2.14. The molecule has 70 valence electrons. The SMILES string of the molecule is O=C(O)c1cccc2ncc(=O)oc12. The highest BCUT2D eigenvalue weighted by Gasteiger charge is 2.10. The number of carboxylic acids is 1. The topological polar surface area (TPSA) is 80.4 Å². The van der Waals surface area contributed by atoms with E-state index in [1.54, 1.807) is 12.1 Å². The van der Waals surface area contributed by atoms with E-state index in [4.69, 9.17) is 9.52 Å². The van der Waals surface area contributed by atoms with Crippen molar-refractivity contribution in [3.05, 3.63) is 40.4 Å². The molecule has 0 radical (unpaired) electrons. The maximum Gasteiger partial charge on any atom is 0.354 e. The van der Waals surface area contributed by atoms with Crippen LogP contribution in [-0.4, -0.2) is 16.1 Å². The molecule has 1 heterocycles. The van der Waals surface area contributed by atoms with Gasteiger partial charge in [0, 0.05) is 0 Å². The smallest absolute Gasteiger partial charge is 0.354 e. The maximum absolute atomic E-state index is 10.8. The van der Waals surface area contributed by atoms with Crippen LogP contribution < -0.4 is 5.63 Å². The Labute approximate surface area is 77.6 Å². The van der Waals surface area contributed by atoms with Crippen LogP contribution >= 0.6 is 0 Å². The van der Waals surface area contributed by atoms with E-state index in [9.17, 15) is 9.59 Å². The number of fused-ring (bicyclic) bond motifs is 1. The predicted octanol–water partition coefficient (Wildman–Crippen LogP) is 0.886. The molecule has 0 saturated heterocycles. The standard InChI is InChI=1S/C9H5NO4/c11-7-4-10-6-3-1-2-5(9(12)13)8(6)14-7/h1-4H,(H,12,13). The summed E-state index contributed by atoms with van der Waals surface area (Å²) < 4.78 is 4.76. The largest absolute Gasteiger partial charge is 0.478 e. The molecular formula is C9H5NO4. The Morgan fingerprint density at radius 1 is 1.43 bits per heavy atom. The first kappa shape index (κ1) is 8.43. The molecule has 0 atom stereocenters. The Kier molecular flexibility index (Phi) is 1.78. The maximum atomic E-state index is 10.8. The third kappa shape index (κ3) is 1.24. The third-order valence-corrected chi connectivity index (χ3v) is 1.74. The minimum absolute atomic E-state index is 0.00694. The normalized spacial score (nSPS) is 10.3. The van der Waals surface area contributed by atoms with Gasteiger partial charge in [-0.15, -0.1) is 0 Å². The van der Waals surface area contributed by atoms with Gasteiger partial charge >= 0.3 is 11.6 Å². The molecule has 0 bridgehead atoms. The summed E-state index contributed by atoms with van der Waals surface area (Å²) in [7, 11) is 0. The van der Waals surface area contributed by atoms with Crippen molar-refractivity contribution in [1.29, 1.82) is 0 Å². The molecular weight excluding hydrogens is 186 g/mol. The van der Waals surface area contributed by atoms with E-state index in [0.717, 1.165) is 6.20 Å². The minimum Gasteiger partial charge on any atom is -0.478 e. The van der Waals surface area contributed by atoms with E-state index in [0.29, 0.717) is 5.52 Å². The van der Waals surface area contributed by atoms with Gasteiger partial charge in [-0.05, 0) is 12.1 Å². The fourth-order valence-corrected chi connectivity index (χ4v) is 1.15. The van der Waals surface area contributed by atoms with Crippen molar-refractivity contribution < 1.29 is 14.3 Å². The summed E-state index contributed by atoms with van der Waals surface area (Å²) in [6.45, 7) is 0. The monoisotopic (exact) mass is 191 g/mol. The van der Waals surface area contributed by atoms with E-state index in [-0.39, 0.29) is 11.1 Å². The second-order valence-electron chi connectivity index (χ2n) is 2.64. The van der Waals surface area contributed by atoms with Crippen LogP contribution in [0.3, 0.4) is 0 Å². The molecule has 0 aliphatic rings. The van der Waals surface area contributed by atoms with E-state index >= 15 is 0 Å². The zero-order chi connectivity index (χ0) is 10.1. The van der Waals surface area contributed by atoms with Gasteiger partial charge in [-0.1, -0.05) is 6.07 Å². The summed E-state index contributed by atoms with van der Waals surface area (Å²) in [6.07, 6.45) is 1.01. The Bertz CT molecular complexity index is 558. The fourth-order valence-electron chi connectivity index (χ4n) is 1.15. The Hall–Kier alpha value is -2.17. The highest BCUT2D eigenvalue weighted by atomic mass is 16.4. The quantitative estimate of drug-likeness (QED) is 0.723. The van der Waals surface area contributed by atoms with Gasteiger partial charge in [0.1, 0.15) is 17.3 Å². The van der Waals surface area contributed by atoms with Crippen molar-refractivity contribution >= 4 is 17.1 Å². The zero-order valence-corrected chi connectivity index (χ0v) is 6.93. The van der Waals surface area contributed by atoms with Crippen LogP contribution in [0.15, 0.2) is 33.6 Å². The number of aromatic nitrogens is 1. The van der Waals surface area contributed by atoms with Crippen molar-refractivity contribution in [3.63, 3.8) is 0 Å². The lowest BCUT2D eigenvalue weighted by molar-refractivity contribution is 0.0697. The van der Waals surface area contributed by atoms with Crippen LogP contribution in [0.5, 0.6) is 0 Å². The van der Waals surface area contributed by atoms with Gasteiger partial charge in [-0.3, -0.25) is 0 Å². The molecule has 2 rings (SSSR count). The number of carbonyl (C=O) groups is 1. The van der Waals surface area contributed by atoms with Crippen molar-refractivity contribution in [2.24, 2.45) is 0 Å². The van der Waals surface area contributed by atoms with E-state index in [1.165, 1.54) is 6.07 Å². The Balaban J connectivity index is 2.91. The van der Waals surface area contributed by atoms with Gasteiger partial charge in [0.05, 0.1) is 0 Å². The van der Waals surface area contributed by atoms with Crippen LogP contribution in [0.2, 0.25) is 0 Å². The first-order chi connectivity index (χ1) is 6.68. The number of para-hydroxylation sites is 1. The molecule has 0 amide bonds. The second kappa shape index (κ2) is 2.95. The molecule has 1 aromatic carbocycles. The average Bonchev–Trinajstić information content (AvgIpc) is 2.16. The summed E-state index contributed by atoms with van der Waals surface area (Å²) in [5.41, 5.74) is -0.365. The molecule has 0 aliphatic carbocycles. The Morgan fingerprint density at radius 2 is 2.21 bits per heavy atom. The minimum atomic E-state index is -1.15. The molecule has 1 aromatic heterocycles. The number of carboxylic acid groups (broad SMARTS) is 1. The van der Waals surface area contributed by atoms with E-state index in [2.05, 4.69) is 4.98 Å². The average molecular weight is 191 g/mol. The first-order valence-electron chi connectivity index (χ1n) is 3.80. The number of hydrogen-bond acceptors (Lipinski definition) is 4. The molecule has 1 N–H and O–H groups in total. The summed E-state index contributed by atoms with van der Waals surface area (Å²) >= 11 is 0. The summed E-state index contributed by atoms with van der Waals surface area (Å²) in [6, 6.07) is 4.47. The summed E-state index contributed by atoms with van der Waals surface area (Å²) in [4.78, 5) is 25.3. The number of nitrogens with zero attached hydrogens (tertiary/aromatic N) is 1. The van der Waals surface area contributed by atoms with Crippen LogP contribution in [0.1, 0.15) is 10.4 Å². The highest BCUT2D eigenvalue weighted by molar-refractivity contribution is 5.99.